The molecule has 3 rings (SSSR count). The minimum atomic E-state index is -0.449. The van der Waals surface area contributed by atoms with E-state index in [1.165, 1.54) is 32.1 Å². The summed E-state index contributed by atoms with van der Waals surface area (Å²) in [5.41, 5.74) is 0.686. The molecule has 1 aromatic carbocycles. The minimum Gasteiger partial charge on any atom is -0.487 e. The molecule has 0 bridgehead atoms. The van der Waals surface area contributed by atoms with Crippen LogP contribution < -0.4 is 4.74 Å². The van der Waals surface area contributed by atoms with E-state index in [2.05, 4.69) is 6.92 Å². The van der Waals surface area contributed by atoms with E-state index in [0.717, 1.165) is 30.1 Å². The van der Waals surface area contributed by atoms with Crippen LogP contribution in [0.4, 0.5) is 0 Å². The Balaban J connectivity index is 1.79. The first-order valence-corrected chi connectivity index (χ1v) is 8.66. The summed E-state index contributed by atoms with van der Waals surface area (Å²) >= 11 is 6.03. The average Bonchev–Trinajstić information content (AvgIpc) is 2.64. The van der Waals surface area contributed by atoms with Gasteiger partial charge in [0.15, 0.2) is 0 Å². The Morgan fingerprint density at radius 3 is 3.00 bits per heavy atom. The van der Waals surface area contributed by atoms with E-state index >= 15 is 0 Å². The molecule has 2 nitrogen and oxygen atoms in total. The third-order valence-corrected chi connectivity index (χ3v) is 5.41. The lowest BCUT2D eigenvalue weighted by molar-refractivity contribution is -0.0251. The van der Waals surface area contributed by atoms with Gasteiger partial charge in [-0.1, -0.05) is 37.8 Å². The van der Waals surface area contributed by atoms with Crippen molar-refractivity contribution in [2.45, 2.75) is 70.0 Å². The van der Waals surface area contributed by atoms with Crippen LogP contribution in [0.3, 0.4) is 0 Å². The summed E-state index contributed by atoms with van der Waals surface area (Å²) in [5, 5.41) is 11.2. The fourth-order valence-electron chi connectivity index (χ4n) is 4.06. The summed E-state index contributed by atoms with van der Waals surface area (Å²) in [6.45, 7) is 2.27. The smallest absolute Gasteiger partial charge is 0.126 e. The fraction of sp³-hybridized carbons (Fsp3) is 0.667. The van der Waals surface area contributed by atoms with Gasteiger partial charge in [-0.05, 0) is 49.8 Å². The van der Waals surface area contributed by atoms with Crippen molar-refractivity contribution in [3.05, 3.63) is 28.8 Å². The van der Waals surface area contributed by atoms with Gasteiger partial charge in [-0.3, -0.25) is 0 Å². The quantitative estimate of drug-likeness (QED) is 0.806. The zero-order chi connectivity index (χ0) is 14.9. The molecule has 116 valence electrons. The lowest BCUT2D eigenvalue weighted by atomic mass is 9.83. The topological polar surface area (TPSA) is 29.5 Å². The first kappa shape index (κ1) is 15.2. The molecular weight excluding hydrogens is 284 g/mol. The molecule has 1 aromatic rings. The molecule has 0 amide bonds. The Morgan fingerprint density at radius 2 is 2.19 bits per heavy atom. The SMILES string of the molecule is CCCC1CCCC2(CC1)C[C@H](O)c1cc(Cl)ccc1O2. The van der Waals surface area contributed by atoms with Crippen molar-refractivity contribution in [3.8, 4) is 5.75 Å². The molecule has 0 aromatic heterocycles. The number of hydrogen-bond donors (Lipinski definition) is 1. The molecule has 2 unspecified atom stereocenters. The van der Waals surface area contributed by atoms with Crippen LogP contribution in [0, 0.1) is 5.92 Å². The second-order valence-electron chi connectivity index (χ2n) is 6.77. The van der Waals surface area contributed by atoms with Gasteiger partial charge in [0.2, 0.25) is 0 Å². The molecule has 1 spiro atoms. The average molecular weight is 309 g/mol. The number of hydrogen-bond acceptors (Lipinski definition) is 2. The Kier molecular flexibility index (Phi) is 4.46. The van der Waals surface area contributed by atoms with Gasteiger partial charge in [0.1, 0.15) is 11.4 Å². The number of halogens is 1. The van der Waals surface area contributed by atoms with E-state index in [4.69, 9.17) is 16.3 Å². The molecule has 1 heterocycles. The van der Waals surface area contributed by atoms with Crippen LogP contribution in [-0.2, 0) is 0 Å². The molecule has 3 atom stereocenters. The predicted octanol–water partition coefficient (Wildman–Crippen LogP) is 5.28. The zero-order valence-corrected chi connectivity index (χ0v) is 13.5. The molecule has 1 N–H and O–H groups in total. The summed E-state index contributed by atoms with van der Waals surface area (Å²) in [6.07, 6.45) is 8.72. The van der Waals surface area contributed by atoms with Gasteiger partial charge in [-0.15, -0.1) is 0 Å². The van der Waals surface area contributed by atoms with Crippen LogP contribution in [-0.4, -0.2) is 10.7 Å². The summed E-state index contributed by atoms with van der Waals surface area (Å²) in [6, 6.07) is 5.60. The molecule has 0 radical (unpaired) electrons. The zero-order valence-electron chi connectivity index (χ0n) is 12.8. The van der Waals surface area contributed by atoms with Crippen LogP contribution in [0.1, 0.15) is 70.0 Å². The highest BCUT2D eigenvalue weighted by atomic mass is 35.5. The van der Waals surface area contributed by atoms with Gasteiger partial charge in [-0.2, -0.15) is 0 Å². The highest BCUT2D eigenvalue weighted by Crippen LogP contribution is 2.47. The number of aliphatic hydroxyl groups excluding tert-OH is 1. The molecule has 0 saturated heterocycles. The van der Waals surface area contributed by atoms with Crippen molar-refractivity contribution < 1.29 is 9.84 Å². The summed E-state index contributed by atoms with van der Waals surface area (Å²) in [5.74, 6) is 1.66. The highest BCUT2D eigenvalue weighted by Gasteiger charge is 2.41. The van der Waals surface area contributed by atoms with Crippen molar-refractivity contribution in [1.29, 1.82) is 0 Å². The fourth-order valence-corrected chi connectivity index (χ4v) is 4.24. The van der Waals surface area contributed by atoms with E-state index in [1.807, 2.05) is 18.2 Å². The molecular formula is C18H25ClO2. The predicted molar refractivity (Wildman–Crippen MR) is 85.9 cm³/mol. The largest absolute Gasteiger partial charge is 0.487 e. The van der Waals surface area contributed by atoms with Gasteiger partial charge in [0, 0.05) is 17.0 Å². The van der Waals surface area contributed by atoms with E-state index < -0.39 is 6.10 Å². The van der Waals surface area contributed by atoms with Gasteiger partial charge in [0.05, 0.1) is 6.10 Å². The van der Waals surface area contributed by atoms with Crippen molar-refractivity contribution >= 4 is 11.6 Å². The number of fused-ring (bicyclic) bond motifs is 1. The van der Waals surface area contributed by atoms with Crippen LogP contribution in [0.2, 0.25) is 5.02 Å². The molecule has 1 aliphatic heterocycles. The normalized spacial score (nSPS) is 32.3. The number of aliphatic hydroxyl groups is 1. The third-order valence-electron chi connectivity index (χ3n) is 5.17. The van der Waals surface area contributed by atoms with Crippen molar-refractivity contribution in [2.75, 3.05) is 0 Å². The second-order valence-corrected chi connectivity index (χ2v) is 7.21. The van der Waals surface area contributed by atoms with E-state index in [1.54, 1.807) is 0 Å². The molecule has 21 heavy (non-hydrogen) atoms. The standard InChI is InChI=1S/C18H25ClO2/c1-2-4-13-5-3-9-18(10-8-13)12-16(20)15-11-14(19)6-7-17(15)21-18/h6-7,11,13,16,20H,2-5,8-10,12H2,1H3/t13?,16-,18?/m0/s1. The molecule has 3 heteroatoms. The van der Waals surface area contributed by atoms with Crippen LogP contribution >= 0.6 is 11.6 Å². The minimum absolute atomic E-state index is 0.164. The molecule has 2 aliphatic rings. The summed E-state index contributed by atoms with van der Waals surface area (Å²) < 4.78 is 6.37. The Hall–Kier alpha value is -0.730. The Bertz CT molecular complexity index is 502. The summed E-state index contributed by atoms with van der Waals surface area (Å²) in [7, 11) is 0. The second kappa shape index (κ2) is 6.18. The highest BCUT2D eigenvalue weighted by molar-refractivity contribution is 6.30. The van der Waals surface area contributed by atoms with Crippen LogP contribution in [0.15, 0.2) is 18.2 Å². The maximum Gasteiger partial charge on any atom is 0.126 e. The van der Waals surface area contributed by atoms with E-state index in [-0.39, 0.29) is 5.60 Å². The van der Waals surface area contributed by atoms with Gasteiger partial charge in [0.25, 0.3) is 0 Å². The first-order chi connectivity index (χ1) is 10.1. The first-order valence-electron chi connectivity index (χ1n) is 8.28. The van der Waals surface area contributed by atoms with Crippen molar-refractivity contribution in [3.63, 3.8) is 0 Å². The van der Waals surface area contributed by atoms with E-state index in [9.17, 15) is 5.11 Å². The van der Waals surface area contributed by atoms with Gasteiger partial charge in [-0.25, -0.2) is 0 Å². The van der Waals surface area contributed by atoms with Crippen molar-refractivity contribution in [1.82, 2.24) is 0 Å². The summed E-state index contributed by atoms with van der Waals surface area (Å²) in [4.78, 5) is 0. The number of benzene rings is 1. The molecule has 1 fully saturated rings. The van der Waals surface area contributed by atoms with E-state index in [0.29, 0.717) is 11.4 Å². The number of ether oxygens (including phenoxy) is 1. The molecule has 1 aliphatic carbocycles. The van der Waals surface area contributed by atoms with Gasteiger partial charge < -0.3 is 9.84 Å². The maximum atomic E-state index is 10.5. The third kappa shape index (κ3) is 3.22. The Labute approximate surface area is 132 Å². The monoisotopic (exact) mass is 308 g/mol. The maximum absolute atomic E-state index is 10.5. The van der Waals surface area contributed by atoms with Crippen LogP contribution in [0.25, 0.3) is 0 Å². The lowest BCUT2D eigenvalue weighted by Crippen LogP contribution is -2.40. The van der Waals surface area contributed by atoms with Gasteiger partial charge >= 0.3 is 0 Å². The lowest BCUT2D eigenvalue weighted by Gasteiger charge is -2.40. The number of rotatable bonds is 2. The van der Waals surface area contributed by atoms with Crippen molar-refractivity contribution in [2.24, 2.45) is 5.92 Å². The Morgan fingerprint density at radius 1 is 1.33 bits per heavy atom. The van der Waals surface area contributed by atoms with Crippen LogP contribution in [0.5, 0.6) is 5.75 Å². The molecule has 1 saturated carbocycles.